The molecule has 0 radical (unpaired) electrons. The Bertz CT molecular complexity index is 525. The van der Waals surface area contributed by atoms with E-state index >= 15 is 0 Å². The average molecular weight is 267 g/mol. The Morgan fingerprint density at radius 3 is 3.06 bits per heavy atom. The Kier molecular flexibility index (Phi) is 3.76. The number of hydrogen-bond acceptors (Lipinski definition) is 3. The first-order valence-corrected chi connectivity index (χ1v) is 6.35. The number of anilines is 1. The number of hydrogen-bond donors (Lipinski definition) is 1. The predicted molar refractivity (Wildman–Crippen MR) is 70.6 cm³/mol. The molecule has 0 saturated heterocycles. The van der Waals surface area contributed by atoms with Crippen LogP contribution >= 0.6 is 22.9 Å². The van der Waals surface area contributed by atoms with Gasteiger partial charge in [0.25, 0.3) is 0 Å². The second-order valence-corrected chi connectivity index (χ2v) is 5.03. The number of amides is 1. The summed E-state index contributed by atoms with van der Waals surface area (Å²) in [5.74, 6) is -0.0454. The third-order valence-electron chi connectivity index (χ3n) is 2.21. The highest BCUT2D eigenvalue weighted by molar-refractivity contribution is 7.10. The molecule has 88 valence electrons. The van der Waals surface area contributed by atoms with Crippen LogP contribution < -0.4 is 5.32 Å². The molecule has 3 nitrogen and oxygen atoms in total. The summed E-state index contributed by atoms with van der Waals surface area (Å²) in [7, 11) is 0. The molecular weight excluding hydrogens is 256 g/mol. The van der Waals surface area contributed by atoms with Crippen LogP contribution in [0, 0.1) is 6.92 Å². The van der Waals surface area contributed by atoms with Crippen LogP contribution in [0.4, 0.5) is 5.69 Å². The van der Waals surface area contributed by atoms with Crippen molar-refractivity contribution in [1.82, 2.24) is 4.98 Å². The van der Waals surface area contributed by atoms with E-state index in [4.69, 9.17) is 11.6 Å². The van der Waals surface area contributed by atoms with Crippen molar-refractivity contribution >= 4 is 34.5 Å². The summed E-state index contributed by atoms with van der Waals surface area (Å²) in [5, 5.41) is 5.21. The van der Waals surface area contributed by atoms with Gasteiger partial charge in [0.05, 0.1) is 18.3 Å². The molecule has 0 atom stereocenters. The van der Waals surface area contributed by atoms with Crippen LogP contribution in [-0.2, 0) is 11.2 Å². The van der Waals surface area contributed by atoms with Crippen LogP contribution in [0.3, 0.4) is 0 Å². The second kappa shape index (κ2) is 5.29. The summed E-state index contributed by atoms with van der Waals surface area (Å²) in [4.78, 5) is 16.7. The third-order valence-corrected chi connectivity index (χ3v) is 3.49. The van der Waals surface area contributed by atoms with E-state index in [1.54, 1.807) is 17.5 Å². The predicted octanol–water partition coefficient (Wildman–Crippen LogP) is 3.29. The lowest BCUT2D eigenvalue weighted by molar-refractivity contribution is -0.115. The maximum atomic E-state index is 11.7. The van der Waals surface area contributed by atoms with Gasteiger partial charge >= 0.3 is 0 Å². The lowest BCUT2D eigenvalue weighted by Gasteiger charge is -2.05. The Labute approximate surface area is 108 Å². The molecule has 2 heterocycles. The normalized spacial score (nSPS) is 10.2. The van der Waals surface area contributed by atoms with E-state index in [0.29, 0.717) is 17.3 Å². The van der Waals surface area contributed by atoms with Crippen molar-refractivity contribution in [2.75, 3.05) is 5.32 Å². The fourth-order valence-electron chi connectivity index (χ4n) is 1.40. The van der Waals surface area contributed by atoms with E-state index in [2.05, 4.69) is 10.3 Å². The van der Waals surface area contributed by atoms with E-state index < -0.39 is 0 Å². The summed E-state index contributed by atoms with van der Waals surface area (Å²) in [5.41, 5.74) is 1.52. The summed E-state index contributed by atoms with van der Waals surface area (Å²) in [6.45, 7) is 1.85. The van der Waals surface area contributed by atoms with Gasteiger partial charge in [-0.1, -0.05) is 17.7 Å². The van der Waals surface area contributed by atoms with E-state index in [0.717, 1.165) is 10.4 Å². The minimum absolute atomic E-state index is 0.0454. The van der Waals surface area contributed by atoms with Crippen LogP contribution in [0.5, 0.6) is 0 Å². The van der Waals surface area contributed by atoms with Crippen molar-refractivity contribution in [3.8, 4) is 0 Å². The van der Waals surface area contributed by atoms with Crippen LogP contribution in [-0.4, -0.2) is 10.9 Å². The van der Waals surface area contributed by atoms with E-state index in [-0.39, 0.29) is 5.91 Å². The molecule has 17 heavy (non-hydrogen) atoms. The number of aryl methyl sites for hydroxylation is 1. The molecule has 0 aliphatic heterocycles. The van der Waals surface area contributed by atoms with Crippen LogP contribution in [0.15, 0.2) is 29.8 Å². The number of nitrogens with zero attached hydrogens (tertiary/aromatic N) is 1. The molecule has 5 heteroatoms. The summed E-state index contributed by atoms with van der Waals surface area (Å²) >= 11 is 7.38. The van der Waals surface area contributed by atoms with Gasteiger partial charge in [-0.15, -0.1) is 11.3 Å². The van der Waals surface area contributed by atoms with Gasteiger partial charge in [0, 0.05) is 4.88 Å². The Morgan fingerprint density at radius 2 is 2.41 bits per heavy atom. The smallest absolute Gasteiger partial charge is 0.229 e. The van der Waals surface area contributed by atoms with Gasteiger partial charge in [-0.25, -0.2) is 4.98 Å². The lowest BCUT2D eigenvalue weighted by atomic mass is 10.3. The number of pyridine rings is 1. The summed E-state index contributed by atoms with van der Waals surface area (Å²) in [6.07, 6.45) is 1.95. The molecule has 0 fully saturated rings. The minimum Gasteiger partial charge on any atom is -0.324 e. The zero-order valence-corrected chi connectivity index (χ0v) is 10.8. The first-order valence-electron chi connectivity index (χ1n) is 5.09. The number of aromatic nitrogens is 1. The van der Waals surface area contributed by atoms with Gasteiger partial charge in [0.2, 0.25) is 5.91 Å². The SMILES string of the molecule is Cc1cc(NC(=O)Cc2cccs2)cnc1Cl. The maximum absolute atomic E-state index is 11.7. The van der Waals surface area contributed by atoms with Gasteiger partial charge in [0.1, 0.15) is 5.15 Å². The van der Waals surface area contributed by atoms with Gasteiger partial charge in [-0.05, 0) is 30.0 Å². The first kappa shape index (κ1) is 12.1. The zero-order chi connectivity index (χ0) is 12.3. The minimum atomic E-state index is -0.0454. The standard InChI is InChI=1S/C12H11ClN2OS/c1-8-5-9(7-14-12(8)13)15-11(16)6-10-3-2-4-17-10/h2-5,7H,6H2,1H3,(H,15,16). The number of halogens is 1. The summed E-state index contributed by atoms with van der Waals surface area (Å²) in [6, 6.07) is 5.68. The lowest BCUT2D eigenvalue weighted by Crippen LogP contribution is -2.13. The number of carbonyl (C=O) groups excluding carboxylic acids is 1. The monoisotopic (exact) mass is 266 g/mol. The number of rotatable bonds is 3. The molecule has 0 spiro atoms. The molecule has 0 unspecified atom stereocenters. The van der Waals surface area contributed by atoms with E-state index in [1.807, 2.05) is 30.5 Å². The van der Waals surface area contributed by atoms with Crippen molar-refractivity contribution in [2.45, 2.75) is 13.3 Å². The van der Waals surface area contributed by atoms with E-state index in [9.17, 15) is 4.79 Å². The average Bonchev–Trinajstić information content (AvgIpc) is 2.76. The van der Waals surface area contributed by atoms with Crippen molar-refractivity contribution in [3.63, 3.8) is 0 Å². The molecule has 2 rings (SSSR count). The highest BCUT2D eigenvalue weighted by atomic mass is 35.5. The fourth-order valence-corrected chi connectivity index (χ4v) is 2.21. The highest BCUT2D eigenvalue weighted by Gasteiger charge is 2.06. The van der Waals surface area contributed by atoms with E-state index in [1.165, 1.54) is 0 Å². The second-order valence-electron chi connectivity index (χ2n) is 3.64. The van der Waals surface area contributed by atoms with Gasteiger partial charge in [-0.2, -0.15) is 0 Å². The van der Waals surface area contributed by atoms with Crippen LogP contribution in [0.25, 0.3) is 0 Å². The summed E-state index contributed by atoms with van der Waals surface area (Å²) < 4.78 is 0. The number of carbonyl (C=O) groups is 1. The van der Waals surface area contributed by atoms with Gasteiger partial charge < -0.3 is 5.32 Å². The molecule has 1 N–H and O–H groups in total. The Balaban J connectivity index is 2.00. The van der Waals surface area contributed by atoms with Crippen LogP contribution in [0.2, 0.25) is 5.15 Å². The molecular formula is C12H11ClN2OS. The molecule has 2 aromatic rings. The molecule has 0 aliphatic carbocycles. The Hall–Kier alpha value is -1.39. The molecule has 0 aliphatic rings. The van der Waals surface area contributed by atoms with Crippen molar-refractivity contribution in [2.24, 2.45) is 0 Å². The maximum Gasteiger partial charge on any atom is 0.229 e. The zero-order valence-electron chi connectivity index (χ0n) is 9.24. The highest BCUT2D eigenvalue weighted by Crippen LogP contribution is 2.16. The quantitative estimate of drug-likeness (QED) is 0.867. The third kappa shape index (κ3) is 3.28. The number of nitrogens with one attached hydrogen (secondary N) is 1. The van der Waals surface area contributed by atoms with Crippen molar-refractivity contribution in [3.05, 3.63) is 45.4 Å². The molecule has 0 saturated carbocycles. The Morgan fingerprint density at radius 1 is 1.59 bits per heavy atom. The van der Waals surface area contributed by atoms with Crippen LogP contribution in [0.1, 0.15) is 10.4 Å². The molecule has 2 aromatic heterocycles. The molecule has 0 bridgehead atoms. The first-order chi connectivity index (χ1) is 8.15. The molecule has 0 aromatic carbocycles. The van der Waals surface area contributed by atoms with Gasteiger partial charge in [-0.3, -0.25) is 4.79 Å². The van der Waals surface area contributed by atoms with Crippen molar-refractivity contribution < 1.29 is 4.79 Å². The van der Waals surface area contributed by atoms with Crippen molar-refractivity contribution in [1.29, 1.82) is 0 Å². The molecule has 1 amide bonds. The number of thiophene rings is 1. The largest absolute Gasteiger partial charge is 0.324 e. The van der Waals surface area contributed by atoms with Gasteiger partial charge in [0.15, 0.2) is 0 Å². The fraction of sp³-hybridized carbons (Fsp3) is 0.167. The topological polar surface area (TPSA) is 42.0 Å².